The van der Waals surface area contributed by atoms with Crippen LogP contribution in [0.5, 0.6) is 0 Å². The van der Waals surface area contributed by atoms with Crippen LogP contribution in [0.3, 0.4) is 0 Å². The largest absolute Gasteiger partial charge is 0.417 e. The molecule has 1 radical (unpaired) electrons. The summed E-state index contributed by atoms with van der Waals surface area (Å²) in [5.41, 5.74) is -1.35. The van der Waals surface area contributed by atoms with E-state index in [0.29, 0.717) is 25.1 Å². The number of sulfonamides is 1. The van der Waals surface area contributed by atoms with Gasteiger partial charge in [-0.05, 0) is 25.8 Å². The Morgan fingerprint density at radius 3 is 2.42 bits per heavy atom. The van der Waals surface area contributed by atoms with Crippen molar-refractivity contribution in [2.75, 3.05) is 15.8 Å². The molecule has 1 aromatic heterocycles. The standard InChI is InChI=1S/C15H20F3N3O3S.Na/c1-2-25(23,24)21-13-12(8-11(9-19-13)15(16,17)18)20-14(22)10-6-4-3-5-7-10;/h8-10H,2-7H2,1H3,(H,19,21)(H,20,22);. The molecule has 141 valence electrons. The number of halogens is 3. The molecule has 1 heterocycles. The number of rotatable bonds is 5. The molecule has 0 aliphatic heterocycles. The van der Waals surface area contributed by atoms with E-state index in [4.69, 9.17) is 0 Å². The zero-order valence-electron chi connectivity index (χ0n) is 14.7. The predicted octanol–water partition coefficient (Wildman–Crippen LogP) is 3.00. The van der Waals surface area contributed by atoms with Crippen LogP contribution >= 0.6 is 0 Å². The SMILES string of the molecule is CCS(=O)(=O)Nc1ncc(C(F)(F)F)cc1NC(=O)C1CCCCC1.[Na]. The second kappa shape index (κ2) is 9.38. The van der Waals surface area contributed by atoms with Crippen molar-refractivity contribution in [2.24, 2.45) is 5.92 Å². The van der Waals surface area contributed by atoms with Gasteiger partial charge >= 0.3 is 6.18 Å². The molecular weight excluding hydrogens is 382 g/mol. The molecule has 0 spiro atoms. The Morgan fingerprint density at radius 1 is 1.27 bits per heavy atom. The van der Waals surface area contributed by atoms with E-state index in [9.17, 15) is 26.4 Å². The number of carbonyl (C=O) groups is 1. The third-order valence-electron chi connectivity index (χ3n) is 4.08. The first-order valence-electron chi connectivity index (χ1n) is 8.01. The average Bonchev–Trinajstić information content (AvgIpc) is 2.56. The topological polar surface area (TPSA) is 88.2 Å². The molecule has 0 atom stereocenters. The molecule has 1 saturated carbocycles. The van der Waals surface area contributed by atoms with Gasteiger partial charge < -0.3 is 5.32 Å². The van der Waals surface area contributed by atoms with Gasteiger partial charge in [-0.2, -0.15) is 13.2 Å². The van der Waals surface area contributed by atoms with E-state index >= 15 is 0 Å². The Hall–Kier alpha value is -0.840. The minimum atomic E-state index is -4.65. The van der Waals surface area contributed by atoms with Gasteiger partial charge in [0.2, 0.25) is 15.9 Å². The van der Waals surface area contributed by atoms with Gasteiger partial charge in [-0.3, -0.25) is 9.52 Å². The maximum Gasteiger partial charge on any atom is 0.417 e. The summed E-state index contributed by atoms with van der Waals surface area (Å²) in [6.45, 7) is 1.38. The normalized spacial score (nSPS) is 15.8. The molecule has 0 aromatic carbocycles. The van der Waals surface area contributed by atoms with Crippen LogP contribution in [-0.4, -0.2) is 54.6 Å². The summed E-state index contributed by atoms with van der Waals surface area (Å²) in [6.07, 6.45) is -0.00924. The Labute approximate surface area is 172 Å². The third kappa shape index (κ3) is 6.40. The number of aromatic nitrogens is 1. The van der Waals surface area contributed by atoms with Crippen LogP contribution in [0.1, 0.15) is 44.6 Å². The number of carbonyl (C=O) groups excluding carboxylic acids is 1. The van der Waals surface area contributed by atoms with Crippen molar-refractivity contribution in [3.8, 4) is 0 Å². The molecule has 6 nitrogen and oxygen atoms in total. The average molecular weight is 402 g/mol. The maximum atomic E-state index is 12.9. The summed E-state index contributed by atoms with van der Waals surface area (Å²) in [6, 6.07) is 0.696. The monoisotopic (exact) mass is 402 g/mol. The number of nitrogens with zero attached hydrogens (tertiary/aromatic N) is 1. The van der Waals surface area contributed by atoms with Crippen molar-refractivity contribution >= 4 is 57.0 Å². The molecule has 26 heavy (non-hydrogen) atoms. The summed E-state index contributed by atoms with van der Waals surface area (Å²) in [5.74, 6) is -1.30. The molecule has 0 bridgehead atoms. The Bertz CT molecular complexity index is 735. The van der Waals surface area contributed by atoms with Gasteiger partial charge in [0.1, 0.15) is 0 Å². The minimum absolute atomic E-state index is 0. The van der Waals surface area contributed by atoms with Crippen molar-refractivity contribution in [3.05, 3.63) is 17.8 Å². The molecule has 1 fully saturated rings. The zero-order valence-corrected chi connectivity index (χ0v) is 17.5. The molecule has 1 aliphatic rings. The van der Waals surface area contributed by atoms with E-state index < -0.39 is 27.7 Å². The molecular formula is C15H20F3N3NaO3S. The number of alkyl halides is 3. The van der Waals surface area contributed by atoms with Crippen LogP contribution < -0.4 is 10.0 Å². The Kier molecular flexibility index (Phi) is 8.37. The number of anilines is 2. The number of hydrogen-bond donors (Lipinski definition) is 2. The van der Waals surface area contributed by atoms with Crippen molar-refractivity contribution in [1.29, 1.82) is 0 Å². The van der Waals surface area contributed by atoms with Gasteiger partial charge in [-0.15, -0.1) is 0 Å². The number of pyridine rings is 1. The smallest absolute Gasteiger partial charge is 0.323 e. The molecule has 2 rings (SSSR count). The Morgan fingerprint density at radius 2 is 1.88 bits per heavy atom. The van der Waals surface area contributed by atoms with Gasteiger partial charge in [-0.1, -0.05) is 19.3 Å². The van der Waals surface area contributed by atoms with Crippen LogP contribution in [0, 0.1) is 5.92 Å². The second-order valence-electron chi connectivity index (χ2n) is 5.95. The summed E-state index contributed by atoms with van der Waals surface area (Å²) < 4.78 is 64.2. The van der Waals surface area contributed by atoms with Gasteiger partial charge in [-0.25, -0.2) is 13.4 Å². The molecule has 1 aliphatic carbocycles. The first-order chi connectivity index (χ1) is 11.6. The summed E-state index contributed by atoms with van der Waals surface area (Å²) in [7, 11) is -3.75. The Balaban J connectivity index is 0.00000338. The fourth-order valence-corrected chi connectivity index (χ4v) is 3.22. The summed E-state index contributed by atoms with van der Waals surface area (Å²) in [4.78, 5) is 15.9. The fourth-order valence-electron chi connectivity index (χ4n) is 2.62. The number of hydrogen-bond acceptors (Lipinski definition) is 4. The second-order valence-corrected chi connectivity index (χ2v) is 7.96. The van der Waals surface area contributed by atoms with Gasteiger partial charge in [0.05, 0.1) is 17.0 Å². The molecule has 1 aromatic rings. The van der Waals surface area contributed by atoms with Crippen molar-refractivity contribution in [1.82, 2.24) is 4.98 Å². The van der Waals surface area contributed by atoms with E-state index in [0.717, 1.165) is 19.3 Å². The van der Waals surface area contributed by atoms with Crippen molar-refractivity contribution < 1.29 is 26.4 Å². The summed E-state index contributed by atoms with van der Waals surface area (Å²) in [5, 5.41) is 2.41. The maximum absolute atomic E-state index is 12.9. The molecule has 11 heteroatoms. The van der Waals surface area contributed by atoms with E-state index in [1.165, 1.54) is 6.92 Å². The number of nitrogens with one attached hydrogen (secondary N) is 2. The number of amides is 1. The van der Waals surface area contributed by atoms with Gasteiger partial charge in [0, 0.05) is 41.7 Å². The van der Waals surface area contributed by atoms with Gasteiger partial charge in [0.15, 0.2) is 5.82 Å². The summed E-state index contributed by atoms with van der Waals surface area (Å²) >= 11 is 0. The molecule has 2 N–H and O–H groups in total. The first-order valence-corrected chi connectivity index (χ1v) is 9.66. The van der Waals surface area contributed by atoms with E-state index in [1.807, 2.05) is 0 Å². The molecule has 0 unspecified atom stereocenters. The third-order valence-corrected chi connectivity index (χ3v) is 5.35. The van der Waals surface area contributed by atoms with E-state index in [1.54, 1.807) is 0 Å². The van der Waals surface area contributed by atoms with E-state index in [-0.39, 0.29) is 52.7 Å². The van der Waals surface area contributed by atoms with Crippen LogP contribution in [-0.2, 0) is 21.0 Å². The van der Waals surface area contributed by atoms with Crippen LogP contribution in [0.2, 0.25) is 0 Å². The predicted molar refractivity (Wildman–Crippen MR) is 93.3 cm³/mol. The first kappa shape index (κ1) is 23.2. The molecule has 0 saturated heterocycles. The van der Waals surface area contributed by atoms with Crippen molar-refractivity contribution in [2.45, 2.75) is 45.2 Å². The quantitative estimate of drug-likeness (QED) is 0.741. The van der Waals surface area contributed by atoms with E-state index in [2.05, 4.69) is 15.0 Å². The zero-order chi connectivity index (χ0) is 18.7. The van der Waals surface area contributed by atoms with Crippen LogP contribution in [0.15, 0.2) is 12.3 Å². The van der Waals surface area contributed by atoms with Crippen LogP contribution in [0.4, 0.5) is 24.7 Å². The van der Waals surface area contributed by atoms with Crippen molar-refractivity contribution in [3.63, 3.8) is 0 Å². The molecule has 1 amide bonds. The minimum Gasteiger partial charge on any atom is -0.323 e. The van der Waals surface area contributed by atoms with Crippen LogP contribution in [0.25, 0.3) is 0 Å². The van der Waals surface area contributed by atoms with Gasteiger partial charge in [0.25, 0.3) is 0 Å². The fraction of sp³-hybridized carbons (Fsp3) is 0.600.